The van der Waals surface area contributed by atoms with E-state index in [1.54, 1.807) is 6.20 Å². The highest BCUT2D eigenvalue weighted by Gasteiger charge is 2.19. The predicted octanol–water partition coefficient (Wildman–Crippen LogP) is 2.69. The average molecular weight is 376 g/mol. The fourth-order valence-corrected chi connectivity index (χ4v) is 3.14. The standard InChI is InChI=1S/C21H24N6O/c1-2-6-18(7-3-1)28-17-12-22-19-9-11-24-21(25-19)27-15-13-26(14-16-27)20-8-4-5-10-23-20/h1-11H,12-17H2,(H,22,24,25). The third-order valence-corrected chi connectivity index (χ3v) is 4.60. The highest BCUT2D eigenvalue weighted by Crippen LogP contribution is 2.17. The zero-order chi connectivity index (χ0) is 19.0. The van der Waals surface area contributed by atoms with Crippen molar-refractivity contribution < 1.29 is 4.74 Å². The molecule has 3 aromatic rings. The minimum atomic E-state index is 0.575. The maximum Gasteiger partial charge on any atom is 0.227 e. The van der Waals surface area contributed by atoms with E-state index < -0.39 is 0 Å². The molecule has 1 N–H and O–H groups in total. The minimum absolute atomic E-state index is 0.575. The zero-order valence-electron chi connectivity index (χ0n) is 15.7. The highest BCUT2D eigenvalue weighted by atomic mass is 16.5. The van der Waals surface area contributed by atoms with Crippen LogP contribution in [-0.2, 0) is 0 Å². The Morgan fingerprint density at radius 3 is 2.39 bits per heavy atom. The molecular weight excluding hydrogens is 352 g/mol. The van der Waals surface area contributed by atoms with E-state index in [-0.39, 0.29) is 0 Å². The van der Waals surface area contributed by atoms with Crippen molar-refractivity contribution in [3.63, 3.8) is 0 Å². The summed E-state index contributed by atoms with van der Waals surface area (Å²) in [4.78, 5) is 18.0. The second kappa shape index (κ2) is 9.03. The Hall–Kier alpha value is -3.35. The maximum atomic E-state index is 5.70. The molecule has 1 saturated heterocycles. The van der Waals surface area contributed by atoms with Gasteiger partial charge in [-0.15, -0.1) is 0 Å². The lowest BCUT2D eigenvalue weighted by Gasteiger charge is -2.35. The van der Waals surface area contributed by atoms with Crippen LogP contribution in [0.5, 0.6) is 5.75 Å². The summed E-state index contributed by atoms with van der Waals surface area (Å²) in [6, 6.07) is 17.7. The maximum absolute atomic E-state index is 5.70. The molecule has 1 aromatic carbocycles. The molecule has 7 nitrogen and oxygen atoms in total. The first-order valence-corrected chi connectivity index (χ1v) is 9.54. The number of hydrogen-bond acceptors (Lipinski definition) is 7. The topological polar surface area (TPSA) is 66.4 Å². The van der Waals surface area contributed by atoms with Crippen molar-refractivity contribution in [2.75, 3.05) is 54.4 Å². The van der Waals surface area contributed by atoms with E-state index in [0.717, 1.165) is 49.5 Å². The first-order chi connectivity index (χ1) is 13.9. The number of rotatable bonds is 7. The van der Waals surface area contributed by atoms with Crippen molar-refractivity contribution in [3.8, 4) is 5.75 Å². The number of pyridine rings is 1. The van der Waals surface area contributed by atoms with Crippen LogP contribution in [0.1, 0.15) is 0 Å². The predicted molar refractivity (Wildman–Crippen MR) is 111 cm³/mol. The largest absolute Gasteiger partial charge is 0.492 e. The Kier molecular flexibility index (Phi) is 5.82. The number of benzene rings is 1. The van der Waals surface area contributed by atoms with Gasteiger partial charge in [0.1, 0.15) is 24.0 Å². The second-order valence-electron chi connectivity index (χ2n) is 6.49. The van der Waals surface area contributed by atoms with Crippen molar-refractivity contribution in [1.82, 2.24) is 15.0 Å². The number of piperazine rings is 1. The van der Waals surface area contributed by atoms with E-state index in [1.165, 1.54) is 0 Å². The van der Waals surface area contributed by atoms with E-state index in [2.05, 4.69) is 30.1 Å². The Bertz CT molecular complexity index is 853. The smallest absolute Gasteiger partial charge is 0.227 e. The zero-order valence-corrected chi connectivity index (χ0v) is 15.7. The van der Waals surface area contributed by atoms with Crippen molar-refractivity contribution >= 4 is 17.6 Å². The van der Waals surface area contributed by atoms with Crippen molar-refractivity contribution in [1.29, 1.82) is 0 Å². The van der Waals surface area contributed by atoms with Crippen LogP contribution in [0, 0.1) is 0 Å². The van der Waals surface area contributed by atoms with Crippen molar-refractivity contribution in [2.24, 2.45) is 0 Å². The Balaban J connectivity index is 1.27. The molecule has 0 radical (unpaired) electrons. The number of nitrogens with one attached hydrogen (secondary N) is 1. The summed E-state index contributed by atoms with van der Waals surface area (Å²) < 4.78 is 5.70. The molecular formula is C21H24N6O. The van der Waals surface area contributed by atoms with E-state index >= 15 is 0 Å². The summed E-state index contributed by atoms with van der Waals surface area (Å²) in [6.45, 7) is 4.81. The number of ether oxygens (including phenoxy) is 1. The molecule has 3 heterocycles. The molecule has 144 valence electrons. The van der Waals surface area contributed by atoms with Gasteiger partial charge in [0.05, 0.1) is 6.54 Å². The molecule has 2 aromatic heterocycles. The second-order valence-corrected chi connectivity index (χ2v) is 6.49. The van der Waals surface area contributed by atoms with Crippen molar-refractivity contribution in [3.05, 3.63) is 67.0 Å². The van der Waals surface area contributed by atoms with Gasteiger partial charge in [0.25, 0.3) is 0 Å². The summed E-state index contributed by atoms with van der Waals surface area (Å²) >= 11 is 0. The normalized spacial score (nSPS) is 14.0. The fraction of sp³-hybridized carbons (Fsp3) is 0.286. The quantitative estimate of drug-likeness (QED) is 0.636. The van der Waals surface area contributed by atoms with Crippen LogP contribution in [0.3, 0.4) is 0 Å². The molecule has 0 spiro atoms. The molecule has 0 aliphatic carbocycles. The molecule has 28 heavy (non-hydrogen) atoms. The highest BCUT2D eigenvalue weighted by molar-refractivity contribution is 5.45. The Morgan fingerprint density at radius 2 is 1.61 bits per heavy atom. The van der Waals surface area contributed by atoms with Crippen LogP contribution in [-0.4, -0.2) is 54.3 Å². The Morgan fingerprint density at radius 1 is 0.821 bits per heavy atom. The number of hydrogen-bond donors (Lipinski definition) is 1. The number of anilines is 3. The summed E-state index contributed by atoms with van der Waals surface area (Å²) in [6.07, 6.45) is 3.63. The first-order valence-electron chi connectivity index (χ1n) is 9.54. The first kappa shape index (κ1) is 18.0. The summed E-state index contributed by atoms with van der Waals surface area (Å²) in [7, 11) is 0. The molecule has 1 aliphatic heterocycles. The van der Waals surface area contributed by atoms with Gasteiger partial charge in [-0.3, -0.25) is 0 Å². The van der Waals surface area contributed by atoms with Gasteiger partial charge >= 0.3 is 0 Å². The number of aromatic nitrogens is 3. The summed E-state index contributed by atoms with van der Waals surface area (Å²) in [5.74, 6) is 3.47. The van der Waals surface area contributed by atoms with Gasteiger partial charge in [-0.1, -0.05) is 24.3 Å². The van der Waals surface area contributed by atoms with Gasteiger partial charge in [-0.25, -0.2) is 9.97 Å². The van der Waals surface area contributed by atoms with E-state index in [0.29, 0.717) is 13.2 Å². The molecule has 0 saturated carbocycles. The number of nitrogens with zero attached hydrogens (tertiary/aromatic N) is 5. The van der Waals surface area contributed by atoms with E-state index in [4.69, 9.17) is 4.74 Å². The van der Waals surface area contributed by atoms with Gasteiger partial charge in [-0.2, -0.15) is 4.98 Å². The van der Waals surface area contributed by atoms with Gasteiger partial charge in [-0.05, 0) is 30.3 Å². The molecule has 7 heteroatoms. The molecule has 1 fully saturated rings. The lowest BCUT2D eigenvalue weighted by atomic mass is 10.3. The molecule has 0 atom stereocenters. The van der Waals surface area contributed by atoms with Crippen molar-refractivity contribution in [2.45, 2.75) is 0 Å². The monoisotopic (exact) mass is 376 g/mol. The molecule has 0 bridgehead atoms. The molecule has 1 aliphatic rings. The third-order valence-electron chi connectivity index (χ3n) is 4.60. The van der Waals surface area contributed by atoms with Crippen LogP contribution in [0.2, 0.25) is 0 Å². The van der Waals surface area contributed by atoms with Gasteiger partial charge in [0, 0.05) is 38.6 Å². The van der Waals surface area contributed by atoms with E-state index in [1.807, 2.05) is 60.8 Å². The average Bonchev–Trinajstić information content (AvgIpc) is 2.78. The Labute approximate surface area is 165 Å². The van der Waals surface area contributed by atoms with Gasteiger partial charge in [0.15, 0.2) is 0 Å². The minimum Gasteiger partial charge on any atom is -0.492 e. The SMILES string of the molecule is c1ccc(OCCNc2ccnc(N3CCN(c4ccccn4)CC3)n2)cc1. The molecule has 0 unspecified atom stereocenters. The van der Waals surface area contributed by atoms with Crippen LogP contribution in [0.15, 0.2) is 67.0 Å². The molecule has 0 amide bonds. The molecule has 4 rings (SSSR count). The lowest BCUT2D eigenvalue weighted by molar-refractivity contribution is 0.333. The fourth-order valence-electron chi connectivity index (χ4n) is 3.14. The van der Waals surface area contributed by atoms with Crippen LogP contribution in [0.4, 0.5) is 17.6 Å². The van der Waals surface area contributed by atoms with Gasteiger partial charge < -0.3 is 19.9 Å². The van der Waals surface area contributed by atoms with Gasteiger partial charge in [0.2, 0.25) is 5.95 Å². The summed E-state index contributed by atoms with van der Waals surface area (Å²) in [5, 5.41) is 3.31. The van der Waals surface area contributed by atoms with E-state index in [9.17, 15) is 0 Å². The van der Waals surface area contributed by atoms with Crippen LogP contribution < -0.4 is 19.9 Å². The van der Waals surface area contributed by atoms with Crippen LogP contribution >= 0.6 is 0 Å². The lowest BCUT2D eigenvalue weighted by Crippen LogP contribution is -2.47. The number of para-hydroxylation sites is 1. The third kappa shape index (κ3) is 4.68. The summed E-state index contributed by atoms with van der Waals surface area (Å²) in [5.41, 5.74) is 0. The van der Waals surface area contributed by atoms with Crippen LogP contribution in [0.25, 0.3) is 0 Å².